The molecule has 1 atom stereocenters. The lowest BCUT2D eigenvalue weighted by Crippen LogP contribution is -2.23. The van der Waals surface area contributed by atoms with Gasteiger partial charge in [0.05, 0.1) is 4.92 Å². The number of aliphatic carboxylic acids is 1. The fraction of sp³-hybridized carbons (Fsp3) is 0.222. The first-order valence-corrected chi connectivity index (χ1v) is 5.05. The number of carbonyl (C=O) groups is 1. The first-order valence-electron chi connectivity index (χ1n) is 4.26. The van der Waals surface area contributed by atoms with Crippen molar-refractivity contribution < 1.29 is 19.6 Å². The van der Waals surface area contributed by atoms with Crippen LogP contribution >= 0.6 is 15.9 Å². The summed E-state index contributed by atoms with van der Waals surface area (Å²) in [5.41, 5.74) is -0.171. The SMILES string of the molecule is C[C@@H](Oc1cccc([N+](=O)[O-])c1Br)C(=O)O. The normalized spacial score (nSPS) is 11.9. The zero-order valence-corrected chi connectivity index (χ0v) is 9.80. The molecule has 0 aliphatic heterocycles. The molecule has 0 aliphatic rings. The summed E-state index contributed by atoms with van der Waals surface area (Å²) in [6.45, 7) is 1.34. The molecule has 0 unspecified atom stereocenters. The van der Waals surface area contributed by atoms with E-state index < -0.39 is 17.0 Å². The minimum atomic E-state index is -1.14. The van der Waals surface area contributed by atoms with Crippen LogP contribution in [0.1, 0.15) is 6.92 Å². The number of carboxylic acid groups (broad SMARTS) is 1. The number of carboxylic acids is 1. The number of ether oxygens (including phenoxy) is 1. The van der Waals surface area contributed by atoms with E-state index in [1.807, 2.05) is 0 Å². The number of rotatable bonds is 4. The number of hydrogen-bond acceptors (Lipinski definition) is 4. The zero-order chi connectivity index (χ0) is 12.3. The molecule has 0 radical (unpaired) electrons. The van der Waals surface area contributed by atoms with Gasteiger partial charge in [0.1, 0.15) is 10.2 Å². The van der Waals surface area contributed by atoms with Gasteiger partial charge in [-0.2, -0.15) is 0 Å². The Kier molecular flexibility index (Phi) is 3.83. The van der Waals surface area contributed by atoms with E-state index in [0.717, 1.165) is 0 Å². The number of nitro groups is 1. The molecule has 0 heterocycles. The predicted molar refractivity (Wildman–Crippen MR) is 58.5 cm³/mol. The molecule has 1 aromatic carbocycles. The lowest BCUT2D eigenvalue weighted by atomic mass is 10.3. The highest BCUT2D eigenvalue weighted by Gasteiger charge is 2.19. The van der Waals surface area contributed by atoms with Crippen LogP contribution in [-0.4, -0.2) is 22.1 Å². The van der Waals surface area contributed by atoms with Crippen LogP contribution in [0.3, 0.4) is 0 Å². The van der Waals surface area contributed by atoms with Crippen LogP contribution in [0, 0.1) is 10.1 Å². The van der Waals surface area contributed by atoms with Gasteiger partial charge in [0.15, 0.2) is 6.10 Å². The largest absolute Gasteiger partial charge is 0.479 e. The maximum atomic E-state index is 10.6. The van der Waals surface area contributed by atoms with Gasteiger partial charge in [0.2, 0.25) is 0 Å². The molecule has 1 aromatic rings. The summed E-state index contributed by atoms with van der Waals surface area (Å²) in [7, 11) is 0. The quantitative estimate of drug-likeness (QED) is 0.678. The van der Waals surface area contributed by atoms with Crippen molar-refractivity contribution in [2.24, 2.45) is 0 Å². The molecule has 1 N–H and O–H groups in total. The van der Waals surface area contributed by atoms with Crippen LogP contribution in [0.2, 0.25) is 0 Å². The minimum Gasteiger partial charge on any atom is -0.479 e. The van der Waals surface area contributed by atoms with Crippen molar-refractivity contribution in [2.75, 3.05) is 0 Å². The van der Waals surface area contributed by atoms with Gasteiger partial charge in [-0.1, -0.05) is 6.07 Å². The molecule has 6 nitrogen and oxygen atoms in total. The Labute approximate surface area is 99.1 Å². The summed E-state index contributed by atoms with van der Waals surface area (Å²) in [6, 6.07) is 4.17. The Morgan fingerprint density at radius 3 is 2.75 bits per heavy atom. The van der Waals surface area contributed by atoms with E-state index in [2.05, 4.69) is 15.9 Å². The molecule has 0 fully saturated rings. The third-order valence-electron chi connectivity index (χ3n) is 1.79. The summed E-state index contributed by atoms with van der Waals surface area (Å²) in [5.74, 6) is -1.01. The average Bonchev–Trinajstić information content (AvgIpc) is 2.20. The van der Waals surface area contributed by atoms with E-state index in [1.54, 1.807) is 0 Å². The molecular formula is C9H8BrNO5. The average molecular weight is 290 g/mol. The van der Waals surface area contributed by atoms with Gasteiger partial charge in [-0.25, -0.2) is 4.79 Å². The van der Waals surface area contributed by atoms with Crippen LogP contribution in [0.4, 0.5) is 5.69 Å². The molecular weight excluding hydrogens is 282 g/mol. The third kappa shape index (κ3) is 2.69. The van der Waals surface area contributed by atoms with Crippen molar-refractivity contribution in [3.05, 3.63) is 32.8 Å². The molecule has 0 aromatic heterocycles. The van der Waals surface area contributed by atoms with E-state index in [4.69, 9.17) is 9.84 Å². The third-order valence-corrected chi connectivity index (χ3v) is 2.59. The molecule has 0 amide bonds. The van der Waals surface area contributed by atoms with Crippen molar-refractivity contribution in [1.29, 1.82) is 0 Å². The topological polar surface area (TPSA) is 89.7 Å². The van der Waals surface area contributed by atoms with Crippen molar-refractivity contribution in [3.63, 3.8) is 0 Å². The number of nitro benzene ring substituents is 1. The Bertz CT molecular complexity index is 434. The predicted octanol–water partition coefficient (Wildman–Crippen LogP) is 2.21. The first-order chi connectivity index (χ1) is 7.43. The fourth-order valence-electron chi connectivity index (χ4n) is 0.972. The second-order valence-corrected chi connectivity index (χ2v) is 3.74. The molecule has 0 aliphatic carbocycles. The maximum Gasteiger partial charge on any atom is 0.344 e. The molecule has 86 valence electrons. The second kappa shape index (κ2) is 4.93. The maximum absolute atomic E-state index is 10.6. The van der Waals surface area contributed by atoms with Gasteiger partial charge >= 0.3 is 5.97 Å². The van der Waals surface area contributed by atoms with Crippen molar-refractivity contribution >= 4 is 27.6 Å². The standard InChI is InChI=1S/C9H8BrNO5/c1-5(9(12)13)16-7-4-2-3-6(8(7)10)11(14)15/h2-5H,1H3,(H,12,13)/t5-/m1/s1. The van der Waals surface area contributed by atoms with E-state index >= 15 is 0 Å². The smallest absolute Gasteiger partial charge is 0.344 e. The van der Waals surface area contributed by atoms with Crippen molar-refractivity contribution in [2.45, 2.75) is 13.0 Å². The lowest BCUT2D eigenvalue weighted by Gasteiger charge is -2.11. The highest BCUT2D eigenvalue weighted by molar-refractivity contribution is 9.10. The van der Waals surface area contributed by atoms with Crippen LogP contribution in [0.25, 0.3) is 0 Å². The van der Waals surface area contributed by atoms with E-state index in [9.17, 15) is 14.9 Å². The molecule has 0 saturated heterocycles. The fourth-order valence-corrected chi connectivity index (χ4v) is 1.47. The second-order valence-electron chi connectivity index (χ2n) is 2.94. The van der Waals surface area contributed by atoms with E-state index in [0.29, 0.717) is 0 Å². The Hall–Kier alpha value is -1.63. The Balaban J connectivity index is 3.02. The number of hydrogen-bond donors (Lipinski definition) is 1. The molecule has 7 heteroatoms. The number of benzene rings is 1. The van der Waals surface area contributed by atoms with Crippen LogP contribution in [0.15, 0.2) is 22.7 Å². The summed E-state index contributed by atoms with van der Waals surface area (Å²) >= 11 is 3.00. The molecule has 16 heavy (non-hydrogen) atoms. The Morgan fingerprint density at radius 2 is 2.25 bits per heavy atom. The number of halogens is 1. The summed E-state index contributed by atoms with van der Waals surface area (Å²) in [5, 5.41) is 19.2. The van der Waals surface area contributed by atoms with Gasteiger partial charge < -0.3 is 9.84 Å². The minimum absolute atomic E-state index is 0.129. The molecule has 0 saturated carbocycles. The van der Waals surface area contributed by atoms with E-state index in [1.165, 1.54) is 25.1 Å². The monoisotopic (exact) mass is 289 g/mol. The van der Waals surface area contributed by atoms with Gasteiger partial charge in [-0.05, 0) is 28.9 Å². The summed E-state index contributed by atoms with van der Waals surface area (Å²) in [4.78, 5) is 20.6. The molecule has 0 spiro atoms. The lowest BCUT2D eigenvalue weighted by molar-refractivity contribution is -0.385. The van der Waals surface area contributed by atoms with Gasteiger partial charge in [-0.15, -0.1) is 0 Å². The first kappa shape index (κ1) is 12.4. The van der Waals surface area contributed by atoms with Crippen molar-refractivity contribution in [1.82, 2.24) is 0 Å². The van der Waals surface area contributed by atoms with Gasteiger partial charge in [0, 0.05) is 6.07 Å². The zero-order valence-electron chi connectivity index (χ0n) is 8.21. The Morgan fingerprint density at radius 1 is 1.62 bits per heavy atom. The molecule has 1 rings (SSSR count). The van der Waals surface area contributed by atoms with Crippen LogP contribution < -0.4 is 4.74 Å². The van der Waals surface area contributed by atoms with Crippen LogP contribution in [-0.2, 0) is 4.79 Å². The van der Waals surface area contributed by atoms with E-state index in [-0.39, 0.29) is 15.9 Å². The van der Waals surface area contributed by atoms with Gasteiger partial charge in [0.25, 0.3) is 5.69 Å². The summed E-state index contributed by atoms with van der Waals surface area (Å²) < 4.78 is 5.18. The number of nitrogens with zero attached hydrogens (tertiary/aromatic N) is 1. The highest BCUT2D eigenvalue weighted by Crippen LogP contribution is 2.34. The van der Waals surface area contributed by atoms with Crippen molar-refractivity contribution in [3.8, 4) is 5.75 Å². The summed E-state index contributed by atoms with van der Waals surface area (Å²) in [6.07, 6.45) is -1.07. The van der Waals surface area contributed by atoms with Gasteiger partial charge in [-0.3, -0.25) is 10.1 Å². The molecule has 0 bridgehead atoms. The highest BCUT2D eigenvalue weighted by atomic mass is 79.9. The van der Waals surface area contributed by atoms with Crippen LogP contribution in [0.5, 0.6) is 5.75 Å².